The van der Waals surface area contributed by atoms with E-state index in [0.717, 1.165) is 15.4 Å². The van der Waals surface area contributed by atoms with Gasteiger partial charge in [0.15, 0.2) is 5.78 Å². The van der Waals surface area contributed by atoms with Crippen LogP contribution in [0.5, 0.6) is 0 Å². The molecule has 3 aromatic rings. The van der Waals surface area contributed by atoms with Gasteiger partial charge >= 0.3 is 0 Å². The molecule has 1 heterocycles. The van der Waals surface area contributed by atoms with Gasteiger partial charge in [0.25, 0.3) is 0 Å². The van der Waals surface area contributed by atoms with E-state index in [9.17, 15) is 4.79 Å². The largest absolute Gasteiger partial charge is 0.340 e. The molecule has 0 aliphatic carbocycles. The summed E-state index contributed by atoms with van der Waals surface area (Å²) in [6.45, 7) is 0.247. The maximum absolute atomic E-state index is 12.4. The number of fused-ring (bicyclic) bond motifs is 1. The van der Waals surface area contributed by atoms with Crippen LogP contribution in [0.4, 0.5) is 0 Å². The Labute approximate surface area is 140 Å². The van der Waals surface area contributed by atoms with Crippen molar-refractivity contribution in [3.63, 3.8) is 0 Å². The number of carbonyl (C=O) groups excluding carboxylic acids is 1. The highest BCUT2D eigenvalue weighted by Gasteiger charge is 2.11. The molecule has 0 bridgehead atoms. The summed E-state index contributed by atoms with van der Waals surface area (Å²) in [6, 6.07) is 12.8. The number of rotatable bonds is 3. The van der Waals surface area contributed by atoms with Gasteiger partial charge < -0.3 is 4.57 Å². The highest BCUT2D eigenvalue weighted by atomic mass is 79.9. The Morgan fingerprint density at radius 3 is 2.71 bits per heavy atom. The number of carbonyl (C=O) groups is 1. The predicted molar refractivity (Wildman–Crippen MR) is 90.4 cm³/mol. The Morgan fingerprint density at radius 1 is 1.14 bits per heavy atom. The quantitative estimate of drug-likeness (QED) is 0.541. The van der Waals surface area contributed by atoms with Crippen LogP contribution in [0.3, 0.4) is 0 Å². The highest BCUT2D eigenvalue weighted by molar-refractivity contribution is 9.10. The minimum atomic E-state index is 0.0323. The summed E-state index contributed by atoms with van der Waals surface area (Å²) in [4.78, 5) is 12.4. The van der Waals surface area contributed by atoms with Crippen LogP contribution in [0.25, 0.3) is 10.9 Å². The standard InChI is InChI=1S/C16H10BrCl2NO/c17-11-3-1-2-10(6-11)16(21)9-20-5-4-13-14(19)7-12(18)8-15(13)20/h1-8H,9H2. The maximum atomic E-state index is 12.4. The van der Waals surface area contributed by atoms with Gasteiger partial charge in [0.2, 0.25) is 0 Å². The molecule has 21 heavy (non-hydrogen) atoms. The summed E-state index contributed by atoms with van der Waals surface area (Å²) in [7, 11) is 0. The van der Waals surface area contributed by atoms with Crippen LogP contribution in [0.15, 0.2) is 53.1 Å². The Balaban J connectivity index is 1.97. The lowest BCUT2D eigenvalue weighted by molar-refractivity contribution is 0.0973. The summed E-state index contributed by atoms with van der Waals surface area (Å²) in [6.07, 6.45) is 1.85. The van der Waals surface area contributed by atoms with Crippen LogP contribution < -0.4 is 0 Å². The van der Waals surface area contributed by atoms with E-state index in [-0.39, 0.29) is 12.3 Å². The molecule has 0 radical (unpaired) electrons. The molecule has 106 valence electrons. The third-order valence-corrected chi connectivity index (χ3v) is 4.29. The zero-order valence-corrected chi connectivity index (χ0v) is 13.9. The van der Waals surface area contributed by atoms with E-state index in [1.54, 1.807) is 12.1 Å². The first-order valence-corrected chi connectivity index (χ1v) is 7.82. The molecule has 0 fully saturated rings. The number of aromatic nitrogens is 1. The summed E-state index contributed by atoms with van der Waals surface area (Å²) in [5, 5.41) is 2.04. The number of Topliss-reactive ketones (excluding diaryl/α,β-unsaturated/α-hetero) is 1. The van der Waals surface area contributed by atoms with Crippen LogP contribution in [0.1, 0.15) is 10.4 Å². The number of ketones is 1. The van der Waals surface area contributed by atoms with E-state index in [4.69, 9.17) is 23.2 Å². The molecule has 0 aliphatic heterocycles. The van der Waals surface area contributed by atoms with E-state index in [0.29, 0.717) is 15.6 Å². The van der Waals surface area contributed by atoms with Gasteiger partial charge in [-0.25, -0.2) is 0 Å². The van der Waals surface area contributed by atoms with Crippen LogP contribution in [0.2, 0.25) is 10.0 Å². The number of nitrogens with zero attached hydrogens (tertiary/aromatic N) is 1. The lowest BCUT2D eigenvalue weighted by Gasteiger charge is -2.06. The monoisotopic (exact) mass is 381 g/mol. The molecule has 2 nitrogen and oxygen atoms in total. The van der Waals surface area contributed by atoms with E-state index in [1.807, 2.05) is 41.1 Å². The Bertz CT molecular complexity index is 841. The van der Waals surface area contributed by atoms with Gasteiger partial charge in [-0.1, -0.05) is 51.3 Å². The Morgan fingerprint density at radius 2 is 1.95 bits per heavy atom. The fourth-order valence-corrected chi connectivity index (χ4v) is 3.21. The summed E-state index contributed by atoms with van der Waals surface area (Å²) < 4.78 is 2.74. The van der Waals surface area contributed by atoms with E-state index < -0.39 is 0 Å². The van der Waals surface area contributed by atoms with Gasteiger partial charge in [0.05, 0.1) is 17.1 Å². The first-order valence-electron chi connectivity index (χ1n) is 6.27. The lowest BCUT2D eigenvalue weighted by atomic mass is 10.1. The lowest BCUT2D eigenvalue weighted by Crippen LogP contribution is -2.09. The van der Waals surface area contributed by atoms with Gasteiger partial charge in [0.1, 0.15) is 0 Å². The van der Waals surface area contributed by atoms with Crippen molar-refractivity contribution in [3.8, 4) is 0 Å². The van der Waals surface area contributed by atoms with Crippen molar-refractivity contribution < 1.29 is 4.79 Å². The minimum Gasteiger partial charge on any atom is -0.340 e. The molecule has 0 aliphatic rings. The van der Waals surface area contributed by atoms with Gasteiger partial charge in [-0.15, -0.1) is 0 Å². The first kappa shape index (κ1) is 14.6. The van der Waals surface area contributed by atoms with Crippen LogP contribution >= 0.6 is 39.1 Å². The van der Waals surface area contributed by atoms with Gasteiger partial charge in [-0.05, 0) is 30.3 Å². The van der Waals surface area contributed by atoms with Crippen LogP contribution in [-0.2, 0) is 6.54 Å². The number of hydrogen-bond acceptors (Lipinski definition) is 1. The number of hydrogen-bond donors (Lipinski definition) is 0. The topological polar surface area (TPSA) is 22.0 Å². The number of benzene rings is 2. The molecule has 0 atom stereocenters. The van der Waals surface area contributed by atoms with E-state index in [1.165, 1.54) is 0 Å². The molecule has 0 unspecified atom stereocenters. The van der Waals surface area contributed by atoms with Crippen LogP contribution in [0, 0.1) is 0 Å². The Kier molecular flexibility index (Phi) is 4.07. The second kappa shape index (κ2) is 5.84. The second-order valence-electron chi connectivity index (χ2n) is 4.70. The molecule has 0 saturated heterocycles. The van der Waals surface area contributed by atoms with Crippen molar-refractivity contribution in [2.24, 2.45) is 0 Å². The maximum Gasteiger partial charge on any atom is 0.182 e. The molecule has 2 aromatic carbocycles. The highest BCUT2D eigenvalue weighted by Crippen LogP contribution is 2.29. The summed E-state index contributed by atoms with van der Waals surface area (Å²) in [5.41, 5.74) is 1.52. The fraction of sp³-hybridized carbons (Fsp3) is 0.0625. The summed E-state index contributed by atoms with van der Waals surface area (Å²) in [5.74, 6) is 0.0323. The van der Waals surface area contributed by atoms with E-state index in [2.05, 4.69) is 15.9 Å². The molecule has 3 rings (SSSR count). The molecule has 0 N–H and O–H groups in total. The molecular weight excluding hydrogens is 373 g/mol. The van der Waals surface area contributed by atoms with Crippen molar-refractivity contribution >= 4 is 55.8 Å². The van der Waals surface area contributed by atoms with Gasteiger partial charge in [-0.2, -0.15) is 0 Å². The van der Waals surface area contributed by atoms with Crippen LogP contribution in [-0.4, -0.2) is 10.4 Å². The van der Waals surface area contributed by atoms with Crippen molar-refractivity contribution in [2.75, 3.05) is 0 Å². The minimum absolute atomic E-state index is 0.0323. The molecule has 0 saturated carbocycles. The molecule has 1 aromatic heterocycles. The second-order valence-corrected chi connectivity index (χ2v) is 6.46. The number of halogens is 3. The van der Waals surface area contributed by atoms with Gasteiger partial charge in [0, 0.05) is 26.6 Å². The van der Waals surface area contributed by atoms with E-state index >= 15 is 0 Å². The van der Waals surface area contributed by atoms with Gasteiger partial charge in [-0.3, -0.25) is 4.79 Å². The SMILES string of the molecule is O=C(Cn1ccc2c(Cl)cc(Cl)cc21)c1cccc(Br)c1. The van der Waals surface area contributed by atoms with Crippen molar-refractivity contribution in [3.05, 3.63) is 68.7 Å². The zero-order valence-electron chi connectivity index (χ0n) is 10.8. The Hall–Kier alpha value is -1.29. The van der Waals surface area contributed by atoms with Crippen molar-refractivity contribution in [2.45, 2.75) is 6.54 Å². The van der Waals surface area contributed by atoms with Crippen molar-refractivity contribution in [1.82, 2.24) is 4.57 Å². The zero-order chi connectivity index (χ0) is 15.0. The smallest absolute Gasteiger partial charge is 0.182 e. The third-order valence-electron chi connectivity index (χ3n) is 3.26. The normalized spacial score (nSPS) is 11.0. The first-order chi connectivity index (χ1) is 10.0. The average molecular weight is 383 g/mol. The molecular formula is C16H10BrCl2NO. The fourth-order valence-electron chi connectivity index (χ4n) is 2.26. The molecule has 5 heteroatoms. The van der Waals surface area contributed by atoms with Crippen molar-refractivity contribution in [1.29, 1.82) is 0 Å². The summed E-state index contributed by atoms with van der Waals surface area (Å²) >= 11 is 15.6. The predicted octanol–water partition coefficient (Wildman–Crippen LogP) is 5.59. The molecule has 0 amide bonds. The molecule has 0 spiro atoms. The average Bonchev–Trinajstić information content (AvgIpc) is 2.82. The third kappa shape index (κ3) is 3.00.